The predicted octanol–water partition coefficient (Wildman–Crippen LogP) is 3.94. The number of carbonyl (C=O) groups excluding carboxylic acids is 1. The van der Waals surface area contributed by atoms with Gasteiger partial charge in [-0.1, -0.05) is 29.8 Å². The Kier molecular flexibility index (Phi) is 4.48. The molecular formula is C16H18ClNO2S. The highest BCUT2D eigenvalue weighted by Crippen LogP contribution is 2.36. The predicted molar refractivity (Wildman–Crippen MR) is 86.9 cm³/mol. The van der Waals surface area contributed by atoms with Crippen molar-refractivity contribution in [2.75, 3.05) is 20.2 Å². The topological polar surface area (TPSA) is 29.5 Å². The summed E-state index contributed by atoms with van der Waals surface area (Å²) in [5.74, 6) is -0.0981. The van der Waals surface area contributed by atoms with Crippen molar-refractivity contribution in [2.45, 2.75) is 19.4 Å². The molecule has 0 saturated carbocycles. The zero-order chi connectivity index (χ0) is 14.8. The van der Waals surface area contributed by atoms with Crippen LogP contribution in [0, 0.1) is 5.92 Å². The van der Waals surface area contributed by atoms with Gasteiger partial charge in [-0.3, -0.25) is 9.69 Å². The van der Waals surface area contributed by atoms with Gasteiger partial charge in [-0.15, -0.1) is 11.3 Å². The molecule has 1 fully saturated rings. The molecule has 2 aromatic rings. The molecular weight excluding hydrogens is 306 g/mol. The summed E-state index contributed by atoms with van der Waals surface area (Å²) in [6.45, 7) is 2.58. The van der Waals surface area contributed by atoms with Gasteiger partial charge in [0.25, 0.3) is 0 Å². The smallest absolute Gasteiger partial charge is 0.309 e. The number of carbonyl (C=O) groups is 1. The van der Waals surface area contributed by atoms with Crippen LogP contribution in [-0.2, 0) is 16.1 Å². The van der Waals surface area contributed by atoms with Crippen LogP contribution in [0.15, 0.2) is 24.3 Å². The van der Waals surface area contributed by atoms with Crippen LogP contribution in [0.2, 0.25) is 5.02 Å². The third-order valence-corrected chi connectivity index (χ3v) is 5.71. The molecule has 21 heavy (non-hydrogen) atoms. The van der Waals surface area contributed by atoms with Gasteiger partial charge in [0.1, 0.15) is 0 Å². The molecule has 0 aliphatic carbocycles. The summed E-state index contributed by atoms with van der Waals surface area (Å²) in [6.07, 6.45) is 1.95. The molecule has 0 unspecified atom stereocenters. The summed E-state index contributed by atoms with van der Waals surface area (Å²) in [4.78, 5) is 15.2. The van der Waals surface area contributed by atoms with Crippen LogP contribution in [0.1, 0.15) is 17.7 Å². The Balaban J connectivity index is 1.75. The van der Waals surface area contributed by atoms with E-state index in [-0.39, 0.29) is 11.9 Å². The number of ether oxygens (including phenoxy) is 1. The molecule has 0 bridgehead atoms. The molecule has 3 rings (SSSR count). The zero-order valence-corrected chi connectivity index (χ0v) is 13.5. The number of likely N-dealkylation sites (tertiary alicyclic amines) is 1. The van der Waals surface area contributed by atoms with Crippen molar-refractivity contribution >= 4 is 39.0 Å². The number of benzene rings is 1. The first kappa shape index (κ1) is 14.8. The van der Waals surface area contributed by atoms with Gasteiger partial charge >= 0.3 is 5.97 Å². The van der Waals surface area contributed by atoms with Crippen molar-refractivity contribution in [3.05, 3.63) is 34.2 Å². The summed E-state index contributed by atoms with van der Waals surface area (Å²) in [7, 11) is 1.46. The lowest BCUT2D eigenvalue weighted by atomic mass is 9.98. The SMILES string of the molecule is COC(=O)[C@H]1CCCN(Cc2sc3ccccc3c2Cl)C1. The minimum Gasteiger partial charge on any atom is -0.469 e. The van der Waals surface area contributed by atoms with E-state index in [1.165, 1.54) is 16.7 Å². The molecule has 1 saturated heterocycles. The molecule has 0 amide bonds. The lowest BCUT2D eigenvalue weighted by molar-refractivity contribution is -0.147. The Labute approximate surface area is 133 Å². The summed E-state index contributed by atoms with van der Waals surface area (Å²) >= 11 is 8.24. The molecule has 1 aromatic carbocycles. The number of rotatable bonds is 3. The molecule has 0 spiro atoms. The molecule has 5 heteroatoms. The maximum atomic E-state index is 11.7. The van der Waals surface area contributed by atoms with E-state index in [0.29, 0.717) is 0 Å². The van der Waals surface area contributed by atoms with E-state index < -0.39 is 0 Å². The molecule has 1 aromatic heterocycles. The molecule has 0 N–H and O–H groups in total. The zero-order valence-electron chi connectivity index (χ0n) is 12.0. The van der Waals surface area contributed by atoms with Gasteiger partial charge in [0, 0.05) is 28.1 Å². The third-order valence-electron chi connectivity index (χ3n) is 4.01. The average Bonchev–Trinajstić information content (AvgIpc) is 2.83. The van der Waals surface area contributed by atoms with Gasteiger partial charge < -0.3 is 4.74 Å². The van der Waals surface area contributed by atoms with Crippen LogP contribution in [0.5, 0.6) is 0 Å². The average molecular weight is 324 g/mol. The number of hydrogen-bond donors (Lipinski definition) is 0. The van der Waals surface area contributed by atoms with Crippen molar-refractivity contribution in [1.82, 2.24) is 4.90 Å². The molecule has 1 aliphatic heterocycles. The lowest BCUT2D eigenvalue weighted by Gasteiger charge is -2.30. The van der Waals surface area contributed by atoms with Crippen molar-refractivity contribution in [3.63, 3.8) is 0 Å². The Hall–Kier alpha value is -1.10. The van der Waals surface area contributed by atoms with E-state index in [1.807, 2.05) is 12.1 Å². The second-order valence-corrected chi connectivity index (χ2v) is 6.95. The van der Waals surface area contributed by atoms with Gasteiger partial charge in [-0.05, 0) is 25.5 Å². The van der Waals surface area contributed by atoms with Gasteiger partial charge in [0.05, 0.1) is 18.1 Å². The van der Waals surface area contributed by atoms with Gasteiger partial charge in [0.15, 0.2) is 0 Å². The number of esters is 1. The molecule has 0 radical (unpaired) electrons. The van der Waals surface area contributed by atoms with Gasteiger partial charge in [-0.2, -0.15) is 0 Å². The lowest BCUT2D eigenvalue weighted by Crippen LogP contribution is -2.38. The number of fused-ring (bicyclic) bond motifs is 1. The van der Waals surface area contributed by atoms with E-state index in [0.717, 1.165) is 42.9 Å². The quantitative estimate of drug-likeness (QED) is 0.801. The maximum Gasteiger partial charge on any atom is 0.309 e. The number of piperidine rings is 1. The van der Waals surface area contributed by atoms with Crippen LogP contribution in [-0.4, -0.2) is 31.1 Å². The van der Waals surface area contributed by atoms with E-state index >= 15 is 0 Å². The first-order chi connectivity index (χ1) is 10.2. The van der Waals surface area contributed by atoms with Gasteiger partial charge in [0.2, 0.25) is 0 Å². The standard InChI is InChI=1S/C16H18ClNO2S/c1-20-16(19)11-5-4-8-18(9-11)10-14-15(17)12-6-2-3-7-13(12)21-14/h2-3,6-7,11H,4-5,8-10H2,1H3/t11-/m0/s1. The Morgan fingerprint density at radius 3 is 3.05 bits per heavy atom. The summed E-state index contributed by atoms with van der Waals surface area (Å²) in [5.41, 5.74) is 0. The minimum absolute atomic E-state index is 0.00287. The second-order valence-electron chi connectivity index (χ2n) is 5.43. The fourth-order valence-electron chi connectivity index (χ4n) is 2.93. The van der Waals surface area contributed by atoms with Crippen molar-refractivity contribution in [2.24, 2.45) is 5.92 Å². The van der Waals surface area contributed by atoms with Crippen molar-refractivity contribution < 1.29 is 9.53 Å². The molecule has 1 aliphatic rings. The number of hydrogen-bond acceptors (Lipinski definition) is 4. The third kappa shape index (κ3) is 3.07. The number of halogens is 1. The first-order valence-electron chi connectivity index (χ1n) is 7.15. The Morgan fingerprint density at radius 1 is 1.48 bits per heavy atom. The molecule has 2 heterocycles. The summed E-state index contributed by atoms with van der Waals surface area (Å²) in [5, 5.41) is 1.98. The van der Waals surface area contributed by atoms with Crippen LogP contribution >= 0.6 is 22.9 Å². The second kappa shape index (κ2) is 6.34. The fraction of sp³-hybridized carbons (Fsp3) is 0.438. The Morgan fingerprint density at radius 2 is 2.29 bits per heavy atom. The van der Waals surface area contributed by atoms with Crippen LogP contribution in [0.3, 0.4) is 0 Å². The first-order valence-corrected chi connectivity index (χ1v) is 8.34. The van der Waals surface area contributed by atoms with Crippen LogP contribution < -0.4 is 0 Å². The summed E-state index contributed by atoms with van der Waals surface area (Å²) < 4.78 is 6.09. The summed E-state index contributed by atoms with van der Waals surface area (Å²) in [6, 6.07) is 8.21. The van der Waals surface area contributed by atoms with Crippen LogP contribution in [0.4, 0.5) is 0 Å². The van der Waals surface area contributed by atoms with Crippen molar-refractivity contribution in [1.29, 1.82) is 0 Å². The number of methoxy groups -OCH3 is 1. The molecule has 3 nitrogen and oxygen atoms in total. The number of nitrogens with zero attached hydrogens (tertiary/aromatic N) is 1. The number of thiophene rings is 1. The minimum atomic E-state index is -0.0952. The normalized spacial score (nSPS) is 19.8. The van der Waals surface area contributed by atoms with Crippen molar-refractivity contribution in [3.8, 4) is 0 Å². The van der Waals surface area contributed by atoms with Crippen LogP contribution in [0.25, 0.3) is 10.1 Å². The Bertz CT molecular complexity index is 655. The fourth-order valence-corrected chi connectivity index (χ4v) is 4.46. The van der Waals surface area contributed by atoms with E-state index in [4.69, 9.17) is 16.3 Å². The molecule has 1 atom stereocenters. The highest BCUT2D eigenvalue weighted by atomic mass is 35.5. The van der Waals surface area contributed by atoms with E-state index in [9.17, 15) is 4.79 Å². The molecule has 112 valence electrons. The highest BCUT2D eigenvalue weighted by Gasteiger charge is 2.27. The van der Waals surface area contributed by atoms with E-state index in [2.05, 4.69) is 17.0 Å². The monoisotopic (exact) mass is 323 g/mol. The maximum absolute atomic E-state index is 11.7. The largest absolute Gasteiger partial charge is 0.469 e. The van der Waals surface area contributed by atoms with Gasteiger partial charge in [-0.25, -0.2) is 0 Å². The van der Waals surface area contributed by atoms with E-state index in [1.54, 1.807) is 11.3 Å². The highest BCUT2D eigenvalue weighted by molar-refractivity contribution is 7.19.